The molecule has 0 N–H and O–H groups in total. The van der Waals surface area contributed by atoms with Crippen molar-refractivity contribution < 1.29 is 9.53 Å². The minimum absolute atomic E-state index is 0.350. The van der Waals surface area contributed by atoms with E-state index in [1.54, 1.807) is 0 Å². The van der Waals surface area contributed by atoms with Crippen LogP contribution in [0.25, 0.3) is 0 Å². The molecule has 0 saturated heterocycles. The molecule has 0 aromatic carbocycles. The second-order valence-corrected chi connectivity index (χ2v) is 2.90. The number of hydrogen-bond donors (Lipinski definition) is 0. The van der Waals surface area contributed by atoms with E-state index in [9.17, 15) is 4.79 Å². The van der Waals surface area contributed by atoms with Crippen molar-refractivity contribution in [1.82, 2.24) is 0 Å². The first-order valence-corrected chi connectivity index (χ1v) is 4.00. The number of carbonyl (C=O) groups excluding carboxylic acids is 1. The fraction of sp³-hybridized carbons (Fsp3) is 0.500. The van der Waals surface area contributed by atoms with Crippen molar-refractivity contribution in [3.8, 4) is 0 Å². The monoisotopic (exact) mass is 168 g/mol. The van der Waals surface area contributed by atoms with Crippen LogP contribution >= 0.6 is 0 Å². The molecule has 0 aromatic rings. The van der Waals surface area contributed by atoms with Crippen LogP contribution in [0.5, 0.6) is 0 Å². The van der Waals surface area contributed by atoms with E-state index < -0.39 is 0 Å². The van der Waals surface area contributed by atoms with Crippen LogP contribution < -0.4 is 0 Å². The highest BCUT2D eigenvalue weighted by Gasteiger charge is 1.96. The van der Waals surface area contributed by atoms with Gasteiger partial charge in [-0.25, -0.2) is 4.79 Å². The van der Waals surface area contributed by atoms with Crippen LogP contribution in [-0.2, 0) is 9.53 Å². The minimum Gasteiger partial charge on any atom is -0.462 e. The van der Waals surface area contributed by atoms with Gasteiger partial charge in [-0.2, -0.15) is 0 Å². The summed E-state index contributed by atoms with van der Waals surface area (Å²) in [7, 11) is 0. The molecule has 0 atom stereocenters. The highest BCUT2D eigenvalue weighted by atomic mass is 16.5. The quantitative estimate of drug-likeness (QED) is 0.366. The van der Waals surface area contributed by atoms with E-state index >= 15 is 0 Å². The molecule has 12 heavy (non-hydrogen) atoms. The summed E-state index contributed by atoms with van der Waals surface area (Å²) in [5.41, 5.74) is 2.55. The smallest absolute Gasteiger partial charge is 0.330 e. The number of hydrogen-bond acceptors (Lipinski definition) is 2. The Hall–Kier alpha value is -1.05. The number of carbonyl (C=O) groups is 1. The lowest BCUT2D eigenvalue weighted by Crippen LogP contribution is -2.02. The molecule has 0 heterocycles. The van der Waals surface area contributed by atoms with Crippen molar-refractivity contribution in [3.63, 3.8) is 0 Å². The zero-order chi connectivity index (χ0) is 9.56. The number of esters is 1. The highest BCUT2D eigenvalue weighted by Crippen LogP contribution is 2.06. The minimum atomic E-state index is -0.350. The van der Waals surface area contributed by atoms with E-state index in [0.29, 0.717) is 6.61 Å². The molecule has 68 valence electrons. The molecule has 0 aromatic heterocycles. The molecule has 0 aliphatic heterocycles. The first-order chi connectivity index (χ1) is 5.57. The summed E-state index contributed by atoms with van der Waals surface area (Å²) in [4.78, 5) is 10.6. The highest BCUT2D eigenvalue weighted by molar-refractivity contribution is 5.81. The Morgan fingerprint density at radius 3 is 2.42 bits per heavy atom. The molecule has 2 heteroatoms. The van der Waals surface area contributed by atoms with E-state index in [1.165, 1.54) is 17.2 Å². The van der Waals surface area contributed by atoms with Crippen molar-refractivity contribution in [2.75, 3.05) is 6.61 Å². The topological polar surface area (TPSA) is 26.3 Å². The summed E-state index contributed by atoms with van der Waals surface area (Å²) < 4.78 is 4.82. The van der Waals surface area contributed by atoms with Crippen molar-refractivity contribution >= 4 is 5.97 Å². The lowest BCUT2D eigenvalue weighted by Gasteiger charge is -2.03. The van der Waals surface area contributed by atoms with Gasteiger partial charge in [0, 0.05) is 12.5 Å². The fourth-order valence-electron chi connectivity index (χ4n) is 0.614. The third-order valence-corrected chi connectivity index (χ3v) is 1.74. The zero-order valence-electron chi connectivity index (χ0n) is 8.02. The molecule has 0 aliphatic rings. The molecule has 0 spiro atoms. The van der Waals surface area contributed by atoms with E-state index in [-0.39, 0.29) is 5.97 Å². The Kier molecular flexibility index (Phi) is 5.09. The molecule has 2 nitrogen and oxygen atoms in total. The van der Waals surface area contributed by atoms with Gasteiger partial charge in [0.1, 0.15) is 0 Å². The van der Waals surface area contributed by atoms with Crippen LogP contribution in [0.4, 0.5) is 0 Å². The first kappa shape index (κ1) is 11.0. The van der Waals surface area contributed by atoms with Crippen LogP contribution in [0.15, 0.2) is 23.8 Å². The van der Waals surface area contributed by atoms with Crippen LogP contribution in [0.1, 0.15) is 27.2 Å². The molecule has 0 fully saturated rings. The molecular formula is C10H16O2. The average molecular weight is 168 g/mol. The molecule has 0 amide bonds. The maximum atomic E-state index is 10.6. The predicted molar refractivity (Wildman–Crippen MR) is 49.8 cm³/mol. The maximum absolute atomic E-state index is 10.6. The van der Waals surface area contributed by atoms with E-state index in [2.05, 4.69) is 6.58 Å². The van der Waals surface area contributed by atoms with Gasteiger partial charge in [0.15, 0.2) is 0 Å². The normalized spacial score (nSPS) is 8.92. The molecule has 0 bridgehead atoms. The van der Waals surface area contributed by atoms with E-state index in [1.807, 2.05) is 20.8 Å². The standard InChI is InChI=1S/C10H16O2/c1-5-10(11)12-7-6-9(4)8(2)3/h5H,1,6-7H2,2-4H3. The molecular weight excluding hydrogens is 152 g/mol. The summed E-state index contributed by atoms with van der Waals surface area (Å²) in [6.07, 6.45) is 1.99. The number of ether oxygens (including phenoxy) is 1. The zero-order valence-corrected chi connectivity index (χ0v) is 8.02. The van der Waals surface area contributed by atoms with Crippen molar-refractivity contribution in [1.29, 1.82) is 0 Å². The lowest BCUT2D eigenvalue weighted by atomic mass is 10.1. The SMILES string of the molecule is C=CC(=O)OCCC(C)=C(C)C. The van der Waals surface area contributed by atoms with Gasteiger partial charge in [-0.1, -0.05) is 17.7 Å². The largest absolute Gasteiger partial charge is 0.462 e. The fourth-order valence-corrected chi connectivity index (χ4v) is 0.614. The third kappa shape index (κ3) is 4.72. The van der Waals surface area contributed by atoms with Crippen molar-refractivity contribution in [2.45, 2.75) is 27.2 Å². The van der Waals surface area contributed by atoms with Gasteiger partial charge < -0.3 is 4.74 Å². The van der Waals surface area contributed by atoms with Gasteiger partial charge in [-0.05, 0) is 20.8 Å². The summed E-state index contributed by atoms with van der Waals surface area (Å²) in [5.74, 6) is -0.350. The van der Waals surface area contributed by atoms with Crippen LogP contribution in [-0.4, -0.2) is 12.6 Å². The van der Waals surface area contributed by atoms with E-state index in [4.69, 9.17) is 4.74 Å². The average Bonchev–Trinajstić information content (AvgIpc) is 2.03. The van der Waals surface area contributed by atoms with Crippen LogP contribution in [0, 0.1) is 0 Å². The summed E-state index contributed by atoms with van der Waals surface area (Å²) in [5, 5.41) is 0. The molecule has 0 aliphatic carbocycles. The maximum Gasteiger partial charge on any atom is 0.330 e. The van der Waals surface area contributed by atoms with Gasteiger partial charge in [0.05, 0.1) is 6.61 Å². The van der Waals surface area contributed by atoms with Crippen molar-refractivity contribution in [2.24, 2.45) is 0 Å². The summed E-state index contributed by atoms with van der Waals surface area (Å²) in [6.45, 7) is 9.88. The molecule has 0 unspecified atom stereocenters. The van der Waals surface area contributed by atoms with Gasteiger partial charge in [0.25, 0.3) is 0 Å². The number of rotatable bonds is 4. The van der Waals surface area contributed by atoms with Crippen LogP contribution in [0.2, 0.25) is 0 Å². The Labute approximate surface area is 73.9 Å². The Morgan fingerprint density at radius 1 is 1.42 bits per heavy atom. The van der Waals surface area contributed by atoms with E-state index in [0.717, 1.165) is 6.42 Å². The summed E-state index contributed by atoms with van der Waals surface area (Å²) >= 11 is 0. The van der Waals surface area contributed by atoms with Crippen LogP contribution in [0.3, 0.4) is 0 Å². The number of allylic oxidation sites excluding steroid dienone is 1. The molecule has 0 radical (unpaired) electrons. The van der Waals surface area contributed by atoms with Gasteiger partial charge in [-0.15, -0.1) is 0 Å². The summed E-state index contributed by atoms with van der Waals surface area (Å²) in [6, 6.07) is 0. The van der Waals surface area contributed by atoms with Gasteiger partial charge in [0.2, 0.25) is 0 Å². The Balaban J connectivity index is 3.64. The molecule has 0 rings (SSSR count). The van der Waals surface area contributed by atoms with Gasteiger partial charge >= 0.3 is 5.97 Å². The second kappa shape index (κ2) is 5.58. The third-order valence-electron chi connectivity index (χ3n) is 1.74. The van der Waals surface area contributed by atoms with Gasteiger partial charge in [-0.3, -0.25) is 0 Å². The Bertz CT molecular complexity index is 198. The Morgan fingerprint density at radius 2 is 2.00 bits per heavy atom. The lowest BCUT2D eigenvalue weighted by molar-refractivity contribution is -0.137. The molecule has 0 saturated carbocycles. The first-order valence-electron chi connectivity index (χ1n) is 4.00. The van der Waals surface area contributed by atoms with Crippen molar-refractivity contribution in [3.05, 3.63) is 23.8 Å². The second-order valence-electron chi connectivity index (χ2n) is 2.90. The predicted octanol–water partition coefficient (Wildman–Crippen LogP) is 2.46.